The van der Waals surface area contributed by atoms with Crippen LogP contribution in [0.4, 0.5) is 0 Å². The van der Waals surface area contributed by atoms with Crippen molar-refractivity contribution in [1.29, 1.82) is 0 Å². The van der Waals surface area contributed by atoms with Crippen LogP contribution in [-0.4, -0.2) is 45.8 Å². The van der Waals surface area contributed by atoms with Gasteiger partial charge in [-0.2, -0.15) is 0 Å². The highest BCUT2D eigenvalue weighted by atomic mass is 32.2. The van der Waals surface area contributed by atoms with Gasteiger partial charge < -0.3 is 10.6 Å². The van der Waals surface area contributed by atoms with Crippen LogP contribution in [0.3, 0.4) is 0 Å². The van der Waals surface area contributed by atoms with Crippen molar-refractivity contribution in [2.24, 2.45) is 10.9 Å². The van der Waals surface area contributed by atoms with E-state index >= 15 is 0 Å². The number of benzene rings is 1. The number of hydrogen-bond acceptors (Lipinski definition) is 5. The zero-order valence-corrected chi connectivity index (χ0v) is 13.7. The minimum atomic E-state index is -3.56. The number of carbonyl (C=O) groups excluding carboxylic acids is 1. The lowest BCUT2D eigenvalue weighted by atomic mass is 9.95. The standard InChI is InChI=1S/C15H20N4O3S/c1-10-8-16-7-6-12(10)18-14(20)9-17-15-11-4-2-3-5-13(11)23(21,22)19-15/h2-5,10,12,16H,6-9H2,1H3,(H,17,19)(H,18,20). The van der Waals surface area contributed by atoms with Crippen molar-refractivity contribution in [2.45, 2.75) is 24.3 Å². The fourth-order valence-electron chi connectivity index (χ4n) is 2.88. The van der Waals surface area contributed by atoms with Crippen molar-refractivity contribution in [2.75, 3.05) is 19.6 Å². The van der Waals surface area contributed by atoms with E-state index in [1.54, 1.807) is 18.2 Å². The molecule has 3 N–H and O–H groups in total. The van der Waals surface area contributed by atoms with Gasteiger partial charge in [-0.05, 0) is 37.6 Å². The molecule has 2 aliphatic rings. The number of piperidine rings is 1. The number of amides is 1. The molecule has 0 saturated carbocycles. The lowest BCUT2D eigenvalue weighted by Crippen LogP contribution is -2.49. The number of hydrogen-bond donors (Lipinski definition) is 3. The van der Waals surface area contributed by atoms with Gasteiger partial charge >= 0.3 is 0 Å². The molecule has 0 radical (unpaired) electrons. The summed E-state index contributed by atoms with van der Waals surface area (Å²) < 4.78 is 26.3. The maximum absolute atomic E-state index is 12.1. The summed E-state index contributed by atoms with van der Waals surface area (Å²) in [4.78, 5) is 16.4. The second kappa shape index (κ2) is 6.29. The van der Waals surface area contributed by atoms with Gasteiger partial charge in [0.2, 0.25) is 5.91 Å². The molecule has 1 fully saturated rings. The summed E-state index contributed by atoms with van der Waals surface area (Å²) in [6.07, 6.45) is 0.888. The predicted molar refractivity (Wildman–Crippen MR) is 86.7 cm³/mol. The van der Waals surface area contributed by atoms with E-state index in [0.717, 1.165) is 19.5 Å². The molecular weight excluding hydrogens is 316 g/mol. The van der Waals surface area contributed by atoms with Gasteiger partial charge in [0, 0.05) is 11.6 Å². The van der Waals surface area contributed by atoms with E-state index in [9.17, 15) is 13.2 Å². The molecule has 2 atom stereocenters. The molecule has 2 heterocycles. The number of aliphatic imine (C=N–C) groups is 1. The van der Waals surface area contributed by atoms with Crippen molar-refractivity contribution in [3.05, 3.63) is 29.8 Å². The topological polar surface area (TPSA) is 99.7 Å². The van der Waals surface area contributed by atoms with E-state index in [4.69, 9.17) is 0 Å². The zero-order valence-electron chi connectivity index (χ0n) is 12.9. The Morgan fingerprint density at radius 3 is 2.96 bits per heavy atom. The number of rotatable bonds is 3. The summed E-state index contributed by atoms with van der Waals surface area (Å²) in [5.74, 6) is 0.403. The first-order valence-corrected chi connectivity index (χ1v) is 9.12. The van der Waals surface area contributed by atoms with E-state index in [1.165, 1.54) is 6.07 Å². The van der Waals surface area contributed by atoms with Gasteiger partial charge in [0.05, 0.1) is 4.90 Å². The Kier molecular flexibility index (Phi) is 4.36. The average molecular weight is 336 g/mol. The normalized spacial score (nSPS) is 27.3. The van der Waals surface area contributed by atoms with Crippen LogP contribution >= 0.6 is 0 Å². The summed E-state index contributed by atoms with van der Waals surface area (Å²) >= 11 is 0. The second-order valence-electron chi connectivity index (χ2n) is 5.91. The van der Waals surface area contributed by atoms with Crippen molar-refractivity contribution >= 4 is 21.8 Å². The Labute approximate surface area is 135 Å². The maximum Gasteiger partial charge on any atom is 0.263 e. The van der Waals surface area contributed by atoms with E-state index in [2.05, 4.69) is 27.3 Å². The third kappa shape index (κ3) is 3.37. The number of carbonyl (C=O) groups is 1. The second-order valence-corrected chi connectivity index (χ2v) is 7.56. The lowest BCUT2D eigenvalue weighted by Gasteiger charge is -2.30. The molecule has 3 rings (SSSR count). The Morgan fingerprint density at radius 1 is 1.39 bits per heavy atom. The minimum absolute atomic E-state index is 0.0944. The first kappa shape index (κ1) is 15.9. The molecule has 0 aliphatic carbocycles. The fourth-order valence-corrected chi connectivity index (χ4v) is 4.13. The molecule has 23 heavy (non-hydrogen) atoms. The highest BCUT2D eigenvalue weighted by molar-refractivity contribution is 7.90. The van der Waals surface area contributed by atoms with Gasteiger partial charge in [0.15, 0.2) is 0 Å². The van der Waals surface area contributed by atoms with Crippen molar-refractivity contribution < 1.29 is 13.2 Å². The molecule has 124 valence electrons. The van der Waals surface area contributed by atoms with E-state index < -0.39 is 10.0 Å². The maximum atomic E-state index is 12.1. The molecular formula is C15H20N4O3S. The number of fused-ring (bicyclic) bond motifs is 1. The highest BCUT2D eigenvalue weighted by Crippen LogP contribution is 2.22. The van der Waals surface area contributed by atoms with Gasteiger partial charge in [0.1, 0.15) is 12.4 Å². The number of nitrogens with zero attached hydrogens (tertiary/aromatic N) is 1. The van der Waals surface area contributed by atoms with E-state index in [1.807, 2.05) is 0 Å². The van der Waals surface area contributed by atoms with Crippen molar-refractivity contribution in [3.63, 3.8) is 0 Å². The first-order chi connectivity index (χ1) is 11.0. The minimum Gasteiger partial charge on any atom is -0.351 e. The van der Waals surface area contributed by atoms with Crippen LogP contribution in [0.2, 0.25) is 0 Å². The summed E-state index contributed by atoms with van der Waals surface area (Å²) in [6.45, 7) is 3.76. The number of amidine groups is 1. The highest BCUT2D eigenvalue weighted by Gasteiger charge is 2.30. The Hall–Kier alpha value is -1.93. The summed E-state index contributed by atoms with van der Waals surface area (Å²) in [6, 6.07) is 6.74. The Bertz CT molecular complexity index is 745. The molecule has 0 bridgehead atoms. The van der Waals surface area contributed by atoms with Crippen LogP contribution in [0.5, 0.6) is 0 Å². The van der Waals surface area contributed by atoms with Crippen LogP contribution in [-0.2, 0) is 14.8 Å². The third-order valence-electron chi connectivity index (χ3n) is 4.18. The SMILES string of the molecule is CC1CNCCC1NC(=O)CN=C1NS(=O)(=O)c2ccccc21. The van der Waals surface area contributed by atoms with Gasteiger partial charge in [-0.1, -0.05) is 19.1 Å². The summed E-state index contributed by atoms with van der Waals surface area (Å²) in [7, 11) is -3.56. The Morgan fingerprint density at radius 2 is 2.17 bits per heavy atom. The lowest BCUT2D eigenvalue weighted by molar-refractivity contribution is -0.120. The molecule has 2 unspecified atom stereocenters. The predicted octanol–water partition coefficient (Wildman–Crippen LogP) is -0.161. The average Bonchev–Trinajstić information content (AvgIpc) is 2.79. The van der Waals surface area contributed by atoms with Crippen LogP contribution in [0.25, 0.3) is 0 Å². The molecule has 7 nitrogen and oxygen atoms in total. The summed E-state index contributed by atoms with van der Waals surface area (Å²) in [5.41, 5.74) is 0.510. The first-order valence-electron chi connectivity index (χ1n) is 7.64. The largest absolute Gasteiger partial charge is 0.351 e. The molecule has 1 aromatic carbocycles. The van der Waals surface area contributed by atoms with Gasteiger partial charge in [-0.3, -0.25) is 14.5 Å². The van der Waals surface area contributed by atoms with Crippen LogP contribution < -0.4 is 15.4 Å². The quantitative estimate of drug-likeness (QED) is 0.714. The van der Waals surface area contributed by atoms with Crippen molar-refractivity contribution in [1.82, 2.24) is 15.4 Å². The monoisotopic (exact) mass is 336 g/mol. The van der Waals surface area contributed by atoms with Crippen molar-refractivity contribution in [3.8, 4) is 0 Å². The molecule has 0 aromatic heterocycles. The van der Waals surface area contributed by atoms with E-state index in [-0.39, 0.29) is 29.2 Å². The fraction of sp³-hybridized carbons (Fsp3) is 0.467. The smallest absolute Gasteiger partial charge is 0.263 e. The molecule has 8 heteroatoms. The van der Waals surface area contributed by atoms with Gasteiger partial charge in [-0.15, -0.1) is 0 Å². The van der Waals surface area contributed by atoms with Crippen LogP contribution in [0, 0.1) is 5.92 Å². The number of nitrogens with one attached hydrogen (secondary N) is 3. The Balaban J connectivity index is 1.68. The van der Waals surface area contributed by atoms with E-state index in [0.29, 0.717) is 11.5 Å². The molecule has 0 spiro atoms. The third-order valence-corrected chi connectivity index (χ3v) is 5.57. The zero-order chi connectivity index (χ0) is 16.4. The summed E-state index contributed by atoms with van der Waals surface area (Å²) in [5, 5.41) is 6.25. The van der Waals surface area contributed by atoms with Crippen LogP contribution in [0.15, 0.2) is 34.2 Å². The molecule has 1 aromatic rings. The van der Waals surface area contributed by atoms with Crippen LogP contribution in [0.1, 0.15) is 18.9 Å². The molecule has 1 saturated heterocycles. The molecule has 1 amide bonds. The number of sulfonamides is 1. The molecule has 2 aliphatic heterocycles. The van der Waals surface area contributed by atoms with Gasteiger partial charge in [0.25, 0.3) is 10.0 Å². The van der Waals surface area contributed by atoms with Gasteiger partial charge in [-0.25, -0.2) is 8.42 Å².